The average Bonchev–Trinajstić information content (AvgIpc) is 3.08. The van der Waals surface area contributed by atoms with Crippen molar-refractivity contribution in [2.75, 3.05) is 12.8 Å². The number of hydrogen-bond donors (Lipinski definition) is 1. The molecule has 0 amide bonds. The Morgan fingerprint density at radius 2 is 1.76 bits per heavy atom. The van der Waals surface area contributed by atoms with Crippen molar-refractivity contribution in [3.63, 3.8) is 0 Å². The fourth-order valence-electron chi connectivity index (χ4n) is 9.59. The molecule has 0 bridgehead atoms. The lowest BCUT2D eigenvalue weighted by atomic mass is 9.42. The van der Waals surface area contributed by atoms with Gasteiger partial charge >= 0.3 is 0 Å². The van der Waals surface area contributed by atoms with E-state index in [9.17, 15) is 4.21 Å². The standard InChI is InChI=1S/C26H47NOS/c1-6-19-17-20-23-11-10-21(18(2)13-16-29(28)27-5)26(23,4)15-12-24(20)25(3)14-8-7-9-22(19)25/h18-24,27H,6-17H2,1-5H3/t18-,19+,20?,21?,22?,23?,24+,25?,26?,29?/m1/s1. The van der Waals surface area contributed by atoms with Crippen LogP contribution in [0.15, 0.2) is 0 Å². The summed E-state index contributed by atoms with van der Waals surface area (Å²) in [5.41, 5.74) is 1.18. The van der Waals surface area contributed by atoms with Gasteiger partial charge in [0.05, 0.1) is 11.0 Å². The zero-order valence-corrected chi connectivity index (χ0v) is 20.7. The van der Waals surface area contributed by atoms with Crippen LogP contribution < -0.4 is 4.72 Å². The Morgan fingerprint density at radius 1 is 1.00 bits per heavy atom. The summed E-state index contributed by atoms with van der Waals surface area (Å²) in [6.45, 7) is 10.3. The van der Waals surface area contributed by atoms with Crippen LogP contribution in [0.2, 0.25) is 0 Å². The topological polar surface area (TPSA) is 29.1 Å². The summed E-state index contributed by atoms with van der Waals surface area (Å²) in [5.74, 6) is 7.32. The fraction of sp³-hybridized carbons (Fsp3) is 1.00. The predicted octanol–water partition coefficient (Wildman–Crippen LogP) is 6.58. The predicted molar refractivity (Wildman–Crippen MR) is 125 cm³/mol. The average molecular weight is 422 g/mol. The third-order valence-electron chi connectivity index (χ3n) is 11.0. The van der Waals surface area contributed by atoms with Crippen LogP contribution in [0.4, 0.5) is 0 Å². The summed E-state index contributed by atoms with van der Waals surface area (Å²) >= 11 is 0. The quantitative estimate of drug-likeness (QED) is 0.515. The Kier molecular flexibility index (Phi) is 6.59. The van der Waals surface area contributed by atoms with Crippen molar-refractivity contribution >= 4 is 11.0 Å². The van der Waals surface area contributed by atoms with Gasteiger partial charge in [0.1, 0.15) is 0 Å². The van der Waals surface area contributed by atoms with E-state index in [1.54, 1.807) is 0 Å². The first-order valence-corrected chi connectivity index (χ1v) is 14.2. The van der Waals surface area contributed by atoms with Crippen molar-refractivity contribution in [3.8, 4) is 0 Å². The summed E-state index contributed by atoms with van der Waals surface area (Å²) < 4.78 is 14.8. The van der Waals surface area contributed by atoms with Gasteiger partial charge in [0.15, 0.2) is 0 Å². The van der Waals surface area contributed by atoms with E-state index in [1.165, 1.54) is 64.2 Å². The number of hydrogen-bond acceptors (Lipinski definition) is 1. The minimum atomic E-state index is -0.844. The lowest BCUT2D eigenvalue weighted by molar-refractivity contribution is -0.138. The highest BCUT2D eigenvalue weighted by Crippen LogP contribution is 2.69. The van der Waals surface area contributed by atoms with E-state index in [1.807, 2.05) is 7.05 Å². The minimum absolute atomic E-state index is 0.540. The van der Waals surface area contributed by atoms with Gasteiger partial charge in [-0.25, -0.2) is 8.93 Å². The Morgan fingerprint density at radius 3 is 2.48 bits per heavy atom. The molecule has 4 fully saturated rings. The van der Waals surface area contributed by atoms with Gasteiger partial charge < -0.3 is 0 Å². The monoisotopic (exact) mass is 421 g/mol. The summed E-state index contributed by atoms with van der Waals surface area (Å²) in [6, 6.07) is 0. The molecule has 0 aromatic rings. The van der Waals surface area contributed by atoms with Crippen LogP contribution in [0.5, 0.6) is 0 Å². The van der Waals surface area contributed by atoms with Gasteiger partial charge in [0, 0.05) is 5.75 Å². The molecule has 4 aliphatic carbocycles. The van der Waals surface area contributed by atoms with Gasteiger partial charge in [-0.2, -0.15) is 0 Å². The Hall–Kier alpha value is 0.110. The largest absolute Gasteiger partial charge is 0.243 e. The van der Waals surface area contributed by atoms with Crippen LogP contribution in [-0.2, 0) is 11.0 Å². The minimum Gasteiger partial charge on any atom is -0.243 e. The molecule has 0 aliphatic heterocycles. The van der Waals surface area contributed by atoms with Gasteiger partial charge in [0.25, 0.3) is 0 Å². The van der Waals surface area contributed by atoms with Crippen molar-refractivity contribution in [2.24, 2.45) is 52.3 Å². The molecule has 4 saturated carbocycles. The highest BCUT2D eigenvalue weighted by Gasteiger charge is 2.61. The maximum absolute atomic E-state index is 11.9. The van der Waals surface area contributed by atoms with E-state index in [2.05, 4.69) is 32.4 Å². The lowest BCUT2D eigenvalue weighted by Crippen LogP contribution is -2.55. The van der Waals surface area contributed by atoms with E-state index in [4.69, 9.17) is 0 Å². The van der Waals surface area contributed by atoms with Crippen molar-refractivity contribution in [3.05, 3.63) is 0 Å². The molecule has 4 aliphatic rings. The zero-order chi connectivity index (χ0) is 20.8. The van der Waals surface area contributed by atoms with Gasteiger partial charge in [-0.1, -0.05) is 47.0 Å². The molecule has 0 spiro atoms. The molecule has 168 valence electrons. The van der Waals surface area contributed by atoms with Crippen LogP contribution in [-0.4, -0.2) is 17.0 Å². The normalized spacial score (nSPS) is 49.0. The Bertz CT molecular complexity index is 608. The van der Waals surface area contributed by atoms with E-state index in [-0.39, 0.29) is 0 Å². The van der Waals surface area contributed by atoms with Gasteiger partial charge in [-0.05, 0) is 111 Å². The van der Waals surface area contributed by atoms with Gasteiger partial charge in [0.2, 0.25) is 0 Å². The molecule has 0 aromatic carbocycles. The van der Waals surface area contributed by atoms with Crippen molar-refractivity contribution in [2.45, 2.75) is 98.3 Å². The molecule has 7 unspecified atom stereocenters. The SMILES string of the molecule is CC[C@H]1CC2C3CCC([C@H](C)CCS(=O)NC)C3(C)CC[C@@H]2C2(C)CCCCC12. The van der Waals surface area contributed by atoms with E-state index < -0.39 is 11.0 Å². The summed E-state index contributed by atoms with van der Waals surface area (Å²) in [5, 5.41) is 0. The molecule has 10 atom stereocenters. The molecule has 29 heavy (non-hydrogen) atoms. The summed E-state index contributed by atoms with van der Waals surface area (Å²) in [4.78, 5) is 0. The molecule has 4 rings (SSSR count). The fourth-order valence-corrected chi connectivity index (χ4v) is 10.4. The molecular weight excluding hydrogens is 374 g/mol. The molecule has 0 aromatic heterocycles. The van der Waals surface area contributed by atoms with Crippen molar-refractivity contribution in [1.82, 2.24) is 4.72 Å². The molecular formula is C26H47NOS. The van der Waals surface area contributed by atoms with Crippen LogP contribution in [0.3, 0.4) is 0 Å². The van der Waals surface area contributed by atoms with Crippen LogP contribution in [0.1, 0.15) is 98.3 Å². The maximum Gasteiger partial charge on any atom is 0.0912 e. The van der Waals surface area contributed by atoms with Gasteiger partial charge in [-0.15, -0.1) is 0 Å². The van der Waals surface area contributed by atoms with Crippen LogP contribution >= 0.6 is 0 Å². The molecule has 0 radical (unpaired) electrons. The Labute approximate surface area is 183 Å². The third-order valence-corrected chi connectivity index (χ3v) is 12.1. The van der Waals surface area contributed by atoms with Crippen LogP contribution in [0.25, 0.3) is 0 Å². The van der Waals surface area contributed by atoms with Crippen molar-refractivity contribution in [1.29, 1.82) is 0 Å². The number of nitrogens with one attached hydrogen (secondary N) is 1. The molecule has 2 nitrogen and oxygen atoms in total. The third kappa shape index (κ3) is 3.69. The smallest absolute Gasteiger partial charge is 0.0912 e. The first-order valence-electron chi connectivity index (χ1n) is 12.9. The Balaban J connectivity index is 1.53. The van der Waals surface area contributed by atoms with E-state index >= 15 is 0 Å². The van der Waals surface area contributed by atoms with Gasteiger partial charge in [-0.3, -0.25) is 0 Å². The highest BCUT2D eigenvalue weighted by atomic mass is 32.2. The second-order valence-electron chi connectivity index (χ2n) is 11.9. The molecule has 1 N–H and O–H groups in total. The van der Waals surface area contributed by atoms with E-state index in [0.29, 0.717) is 16.7 Å². The van der Waals surface area contributed by atoms with E-state index in [0.717, 1.165) is 47.7 Å². The summed E-state index contributed by atoms with van der Waals surface area (Å²) in [7, 11) is 0.977. The number of fused-ring (bicyclic) bond motifs is 5. The lowest BCUT2D eigenvalue weighted by Gasteiger charge is -2.63. The maximum atomic E-state index is 11.9. The zero-order valence-electron chi connectivity index (χ0n) is 19.8. The number of rotatable bonds is 6. The molecule has 0 heterocycles. The molecule has 0 saturated heterocycles. The first kappa shape index (κ1) is 22.3. The van der Waals surface area contributed by atoms with Crippen LogP contribution in [0, 0.1) is 52.3 Å². The first-order chi connectivity index (χ1) is 13.8. The highest BCUT2D eigenvalue weighted by molar-refractivity contribution is 7.82. The second-order valence-corrected chi connectivity index (χ2v) is 13.4. The molecule has 3 heteroatoms. The summed E-state index contributed by atoms with van der Waals surface area (Å²) in [6.07, 6.45) is 15.9. The second kappa shape index (κ2) is 8.57. The van der Waals surface area contributed by atoms with Crippen molar-refractivity contribution < 1.29 is 4.21 Å².